The SMILES string of the molecule is CC1[C@@H](OC2C(O)[C@H](C)C(O)[C@@H]3OP(=O)(O)O[C@@H]23)OC(CO)[C@@H](O[C@H]2OC(CO[C@H]3OC(CO)[C@@H](O)[C@H](O)C3O[C@H]3OC(COP(=O)(O)OCCN)[C@@H](O)[C@H](O)C3O[C@H]3OC(CO)[C@@H](O)[C@H](O)C3O)[C@@H](O)[C@H](O)C2O)[C@@H]1O. The highest BCUT2D eigenvalue weighted by Gasteiger charge is 2.61. The lowest BCUT2D eigenvalue weighted by Gasteiger charge is -2.49. The number of hydrogen-bond acceptors (Lipinski definition) is 33. The number of aliphatic hydroxyl groups is 16. The van der Waals surface area contributed by atoms with Gasteiger partial charge in [-0.25, -0.2) is 9.13 Å². The lowest BCUT2D eigenvalue weighted by atomic mass is 9.79. The highest BCUT2D eigenvalue weighted by atomic mass is 31.2. The van der Waals surface area contributed by atoms with Crippen LogP contribution in [0.2, 0.25) is 0 Å². The fourth-order valence-electron chi connectivity index (χ4n) is 9.79. The van der Waals surface area contributed by atoms with Gasteiger partial charge in [0, 0.05) is 18.4 Å². The van der Waals surface area contributed by atoms with E-state index in [1.54, 1.807) is 0 Å². The van der Waals surface area contributed by atoms with Gasteiger partial charge in [0.2, 0.25) is 0 Å². The smallest absolute Gasteiger partial charge is 0.394 e. The summed E-state index contributed by atoms with van der Waals surface area (Å²) in [6.45, 7) is -2.75. The summed E-state index contributed by atoms with van der Waals surface area (Å²) in [4.78, 5) is 20.1. The van der Waals surface area contributed by atoms with E-state index in [9.17, 15) is 101 Å². The van der Waals surface area contributed by atoms with Gasteiger partial charge in [0.05, 0.1) is 58.0 Å². The Labute approximate surface area is 436 Å². The Morgan fingerprint density at radius 2 is 0.883 bits per heavy atom. The lowest BCUT2D eigenvalue weighted by molar-refractivity contribution is -0.396. The maximum Gasteiger partial charge on any atom is 0.473 e. The molecule has 0 spiro atoms. The second-order valence-corrected chi connectivity index (χ2v) is 22.4. The molecule has 35 nitrogen and oxygen atoms in total. The van der Waals surface area contributed by atoms with Crippen LogP contribution in [0.15, 0.2) is 0 Å². The van der Waals surface area contributed by atoms with Gasteiger partial charge >= 0.3 is 15.6 Å². The second kappa shape index (κ2) is 26.4. The van der Waals surface area contributed by atoms with E-state index in [0.29, 0.717) is 0 Å². The van der Waals surface area contributed by atoms with E-state index >= 15 is 0 Å². The molecular weight excluding hydrogens is 1100 g/mol. The van der Waals surface area contributed by atoms with Crippen LogP contribution >= 0.6 is 15.6 Å². The molecule has 1 aliphatic carbocycles. The molecule has 0 amide bonds. The highest BCUT2D eigenvalue weighted by molar-refractivity contribution is 7.47. The average molecular weight is 1170 g/mol. The summed E-state index contributed by atoms with van der Waals surface area (Å²) in [6, 6.07) is 0. The summed E-state index contributed by atoms with van der Waals surface area (Å²) in [5.41, 5.74) is 5.32. The largest absolute Gasteiger partial charge is 0.473 e. The molecule has 37 heteroatoms. The van der Waals surface area contributed by atoms with E-state index in [4.69, 9.17) is 66.7 Å². The molecule has 6 heterocycles. The first-order valence-electron chi connectivity index (χ1n) is 24.4. The van der Waals surface area contributed by atoms with Crippen molar-refractivity contribution in [2.45, 2.75) is 192 Å². The predicted molar refractivity (Wildman–Crippen MR) is 237 cm³/mol. The Morgan fingerprint density at radius 1 is 0.455 bits per heavy atom. The van der Waals surface area contributed by atoms with Gasteiger partial charge in [0.1, 0.15) is 128 Å². The summed E-state index contributed by atoms with van der Waals surface area (Å²) in [5, 5.41) is 173. The third-order valence-corrected chi connectivity index (χ3v) is 16.4. The molecule has 20 N–H and O–H groups in total. The Balaban J connectivity index is 1.08. The molecule has 0 aromatic carbocycles. The van der Waals surface area contributed by atoms with Crippen LogP contribution in [-0.2, 0) is 74.6 Å². The van der Waals surface area contributed by atoms with Crippen molar-refractivity contribution in [2.24, 2.45) is 17.6 Å². The molecule has 6 saturated heterocycles. The van der Waals surface area contributed by atoms with Gasteiger partial charge in [-0.3, -0.25) is 18.1 Å². The number of nitrogens with two attached hydrogens (primary N) is 1. The van der Waals surface area contributed by atoms with E-state index < -0.39 is 245 Å². The fourth-order valence-corrected chi connectivity index (χ4v) is 11.7. The average Bonchev–Trinajstić information content (AvgIpc) is 3.74. The van der Waals surface area contributed by atoms with Crippen molar-refractivity contribution in [3.8, 4) is 0 Å². The third kappa shape index (κ3) is 13.7. The zero-order chi connectivity index (χ0) is 56.7. The molecule has 15 unspecified atom stereocenters. The van der Waals surface area contributed by atoms with E-state index in [1.807, 2.05) is 0 Å². The number of ether oxygens (including phenoxy) is 10. The summed E-state index contributed by atoms with van der Waals surface area (Å²) < 4.78 is 102. The molecule has 77 heavy (non-hydrogen) atoms. The third-order valence-electron chi connectivity index (χ3n) is 14.4. The number of aliphatic hydroxyl groups excluding tert-OH is 16. The van der Waals surface area contributed by atoms with E-state index in [-0.39, 0.29) is 6.54 Å². The van der Waals surface area contributed by atoms with Crippen LogP contribution in [0.4, 0.5) is 0 Å². The van der Waals surface area contributed by atoms with Gasteiger partial charge in [0.15, 0.2) is 31.5 Å². The Bertz CT molecular complexity index is 1970. The van der Waals surface area contributed by atoms with Gasteiger partial charge in [0.25, 0.3) is 0 Å². The van der Waals surface area contributed by atoms with Crippen LogP contribution in [0.5, 0.6) is 0 Å². The molecule has 0 aromatic rings. The summed E-state index contributed by atoms with van der Waals surface area (Å²) in [5.74, 6) is -2.16. The van der Waals surface area contributed by atoms with E-state index in [0.717, 1.165) is 0 Å². The standard InChI is InChI=1S/C40H71NO34P2/c1-10-17(45)31(35-32(18(10)46)74-77(60,61)75-35)71-36-11(2)19(47)30(14(7-44)67-36)70-38-29(57)25(53)22(50)15(68-38)8-62-39-33(26(54)21(49)13(6-43)66-39)73-40-34(72-37-28(56)24(52)20(48)12(5-42)65-37)27(55)23(51)16(69-40)9-64-76(58,59)63-4-3-41/h10-40,42-57H,3-9,41H2,1-2H3,(H,58,59)(H,60,61)/t10-,11?,12?,13?,14?,15?,16?,17?,18?,19+,20+,21+,22+,23+,24-,25-,26-,27-,28?,29?,30+,31?,32-,33?,34?,35-,36+,37+,38+,39-,40+/m0/s1. The Kier molecular flexibility index (Phi) is 21.8. The molecular formula is C40H71NO34P2. The molecule has 0 radical (unpaired) electrons. The molecule has 7 fully saturated rings. The molecule has 450 valence electrons. The Morgan fingerprint density at radius 3 is 1.47 bits per heavy atom. The Hall–Kier alpha value is -0.860. The quantitative estimate of drug-likeness (QED) is 0.0503. The molecule has 33 atom stereocenters. The molecule has 1 saturated carbocycles. The summed E-state index contributed by atoms with van der Waals surface area (Å²) in [7, 11) is -9.61. The first-order valence-corrected chi connectivity index (χ1v) is 27.4. The molecule has 6 aliphatic heterocycles. The van der Waals surface area contributed by atoms with Crippen LogP contribution in [0.1, 0.15) is 13.8 Å². The van der Waals surface area contributed by atoms with Crippen LogP contribution in [0.25, 0.3) is 0 Å². The van der Waals surface area contributed by atoms with Crippen LogP contribution in [0.3, 0.4) is 0 Å². The first kappa shape index (κ1) is 63.7. The molecule has 7 rings (SSSR count). The van der Waals surface area contributed by atoms with Crippen molar-refractivity contribution in [2.75, 3.05) is 46.2 Å². The minimum absolute atomic E-state index is 0.220. The van der Waals surface area contributed by atoms with E-state index in [1.165, 1.54) is 13.8 Å². The van der Waals surface area contributed by atoms with Gasteiger partial charge in [-0.05, 0) is 0 Å². The van der Waals surface area contributed by atoms with Crippen molar-refractivity contribution >= 4 is 15.6 Å². The molecule has 0 bridgehead atoms. The molecule has 0 aromatic heterocycles. The van der Waals surface area contributed by atoms with Gasteiger partial charge in [-0.1, -0.05) is 13.8 Å². The maximum atomic E-state index is 12.5. The summed E-state index contributed by atoms with van der Waals surface area (Å²) >= 11 is 0. The number of rotatable bonds is 20. The van der Waals surface area contributed by atoms with Crippen molar-refractivity contribution in [3.05, 3.63) is 0 Å². The second-order valence-electron chi connectivity index (χ2n) is 19.6. The van der Waals surface area contributed by atoms with Crippen molar-refractivity contribution in [1.29, 1.82) is 0 Å². The monoisotopic (exact) mass is 1170 g/mol. The predicted octanol–water partition coefficient (Wildman–Crippen LogP) is -10.9. The van der Waals surface area contributed by atoms with E-state index in [2.05, 4.69) is 4.52 Å². The molecule has 7 aliphatic rings. The topological polar surface area (TPSA) is 554 Å². The number of phosphoric acid groups is 2. The van der Waals surface area contributed by atoms with Crippen LogP contribution < -0.4 is 5.73 Å². The lowest BCUT2D eigenvalue weighted by Crippen LogP contribution is -2.67. The van der Waals surface area contributed by atoms with Gasteiger partial charge in [-0.2, -0.15) is 0 Å². The normalized spacial score (nSPS) is 52.5. The van der Waals surface area contributed by atoms with Gasteiger partial charge in [-0.15, -0.1) is 0 Å². The van der Waals surface area contributed by atoms with Crippen molar-refractivity contribution < 1.29 is 166 Å². The minimum atomic E-state index is -4.91. The highest BCUT2D eigenvalue weighted by Crippen LogP contribution is 2.57. The summed E-state index contributed by atoms with van der Waals surface area (Å²) in [6.07, 6.45) is -54.2. The number of hydrogen-bond donors (Lipinski definition) is 19. The zero-order valence-electron chi connectivity index (χ0n) is 40.9. The van der Waals surface area contributed by atoms with Crippen molar-refractivity contribution in [1.82, 2.24) is 0 Å². The number of phosphoric ester groups is 2. The van der Waals surface area contributed by atoms with Crippen LogP contribution in [-0.4, -0.2) is 316 Å². The van der Waals surface area contributed by atoms with Gasteiger partial charge < -0.3 is 145 Å². The minimum Gasteiger partial charge on any atom is -0.394 e. The van der Waals surface area contributed by atoms with Crippen molar-refractivity contribution in [3.63, 3.8) is 0 Å². The van der Waals surface area contributed by atoms with Crippen LogP contribution in [0, 0.1) is 11.8 Å². The first-order chi connectivity index (χ1) is 36.2. The number of fused-ring (bicyclic) bond motifs is 1. The maximum absolute atomic E-state index is 12.5. The fraction of sp³-hybridized carbons (Fsp3) is 1.00. The zero-order valence-corrected chi connectivity index (χ0v) is 42.7.